The fraction of sp³-hybridized carbons (Fsp3) is 0.789. The Morgan fingerprint density at radius 3 is 2.50 bits per heavy atom. The van der Waals surface area contributed by atoms with Crippen LogP contribution in [0.15, 0.2) is 37.0 Å². The number of esters is 2. The highest BCUT2D eigenvalue weighted by molar-refractivity contribution is 5.78. The number of unbranched alkanes of at least 4 members (excludes halogenated alkanes) is 3. The van der Waals surface area contributed by atoms with Gasteiger partial charge < -0.3 is 14.6 Å². The van der Waals surface area contributed by atoms with Gasteiger partial charge >= 0.3 is 11.9 Å². The molecule has 1 saturated heterocycles. The number of aliphatic hydroxyl groups excluding tert-OH is 1. The quantitative estimate of drug-likeness (QED) is 0.166. The zero-order valence-electron chi connectivity index (χ0n) is 28.9. The number of ether oxygens (including phenoxy) is 2. The number of hydrogen-bond acceptors (Lipinski definition) is 7. The number of aliphatic hydroxyl groups is 1. The summed E-state index contributed by atoms with van der Waals surface area (Å²) in [6, 6.07) is 0. The van der Waals surface area contributed by atoms with E-state index in [1.165, 1.54) is 0 Å². The largest absolute Gasteiger partial charge is 0.465 e. The van der Waals surface area contributed by atoms with Crippen molar-refractivity contribution in [3.63, 3.8) is 0 Å². The first-order chi connectivity index (χ1) is 21.8. The summed E-state index contributed by atoms with van der Waals surface area (Å²) in [6.07, 6.45) is 12.4. The van der Waals surface area contributed by atoms with Crippen LogP contribution >= 0.6 is 0 Å². The number of carbonyl (C=O) groups excluding carboxylic acids is 2. The molecule has 0 bridgehead atoms. The van der Waals surface area contributed by atoms with E-state index in [1.54, 1.807) is 12.7 Å². The van der Waals surface area contributed by atoms with Crippen molar-refractivity contribution < 1.29 is 24.2 Å². The van der Waals surface area contributed by atoms with E-state index >= 15 is 0 Å². The minimum absolute atomic E-state index is 0.0202. The molecule has 8 heteroatoms. The van der Waals surface area contributed by atoms with E-state index in [0.29, 0.717) is 6.61 Å². The highest BCUT2D eigenvalue weighted by Crippen LogP contribution is 2.77. The maximum Gasteiger partial charge on any atom is 0.312 e. The van der Waals surface area contributed by atoms with Crippen molar-refractivity contribution in [1.82, 2.24) is 14.8 Å². The van der Waals surface area contributed by atoms with Crippen LogP contribution in [0.4, 0.5) is 0 Å². The molecule has 1 aliphatic heterocycles. The first-order valence-electron chi connectivity index (χ1n) is 18.0. The van der Waals surface area contributed by atoms with Crippen LogP contribution in [0.2, 0.25) is 0 Å². The van der Waals surface area contributed by atoms with Crippen LogP contribution < -0.4 is 0 Å². The smallest absolute Gasteiger partial charge is 0.312 e. The summed E-state index contributed by atoms with van der Waals surface area (Å²) >= 11 is 0. The number of aromatic nitrogens is 3. The molecule has 0 amide bonds. The van der Waals surface area contributed by atoms with Gasteiger partial charge in [0.2, 0.25) is 0 Å². The second kappa shape index (κ2) is 12.2. The monoisotopic (exact) mass is 635 g/mol. The van der Waals surface area contributed by atoms with Gasteiger partial charge in [0, 0.05) is 17.9 Å². The van der Waals surface area contributed by atoms with E-state index in [0.717, 1.165) is 88.3 Å². The third-order valence-corrected chi connectivity index (χ3v) is 14.5. The average molecular weight is 636 g/mol. The Morgan fingerprint density at radius 2 is 1.80 bits per heavy atom. The molecule has 254 valence electrons. The molecule has 11 atom stereocenters. The van der Waals surface area contributed by atoms with Gasteiger partial charge in [-0.05, 0) is 113 Å². The fourth-order valence-electron chi connectivity index (χ4n) is 12.1. The van der Waals surface area contributed by atoms with Crippen molar-refractivity contribution in [1.29, 1.82) is 0 Å². The summed E-state index contributed by atoms with van der Waals surface area (Å²) in [7, 11) is 0. The van der Waals surface area contributed by atoms with E-state index in [9.17, 15) is 14.7 Å². The lowest BCUT2D eigenvalue weighted by Gasteiger charge is -2.71. The first kappa shape index (κ1) is 33.4. The molecule has 8 nitrogen and oxygen atoms in total. The third kappa shape index (κ3) is 5.02. The van der Waals surface area contributed by atoms with E-state index < -0.39 is 16.9 Å². The fourth-order valence-corrected chi connectivity index (χ4v) is 12.1. The minimum Gasteiger partial charge on any atom is -0.465 e. The molecule has 1 aromatic rings. The van der Waals surface area contributed by atoms with Crippen LogP contribution in [-0.4, -0.2) is 50.6 Å². The van der Waals surface area contributed by atoms with Gasteiger partial charge in [0.05, 0.1) is 24.5 Å². The molecule has 0 unspecified atom stereocenters. The molecule has 5 fully saturated rings. The lowest BCUT2D eigenvalue weighted by molar-refractivity contribution is -0.260. The number of fused-ring (bicyclic) bond motifs is 4. The van der Waals surface area contributed by atoms with Gasteiger partial charge in [-0.15, -0.1) is 0 Å². The van der Waals surface area contributed by atoms with Crippen molar-refractivity contribution in [3.8, 4) is 0 Å². The first-order valence-corrected chi connectivity index (χ1v) is 18.0. The van der Waals surface area contributed by atoms with E-state index in [1.807, 2.05) is 4.68 Å². The Bertz CT molecular complexity index is 1340. The lowest BCUT2D eigenvalue weighted by Crippen LogP contribution is -2.69. The molecule has 4 saturated carbocycles. The summed E-state index contributed by atoms with van der Waals surface area (Å²) in [5.41, 5.74) is 0.946. The number of rotatable bonds is 10. The van der Waals surface area contributed by atoms with Gasteiger partial charge in [0.25, 0.3) is 0 Å². The summed E-state index contributed by atoms with van der Waals surface area (Å²) in [6.45, 7) is 21.4. The Hall–Kier alpha value is -2.48. The summed E-state index contributed by atoms with van der Waals surface area (Å²) in [5, 5.41) is 15.9. The maximum atomic E-state index is 14.3. The lowest BCUT2D eigenvalue weighted by atomic mass is 9.33. The van der Waals surface area contributed by atoms with Crippen molar-refractivity contribution >= 4 is 11.9 Å². The van der Waals surface area contributed by atoms with Gasteiger partial charge in [-0.1, -0.05) is 51.5 Å². The van der Waals surface area contributed by atoms with E-state index in [4.69, 9.17) is 9.47 Å². The molecule has 1 N–H and O–H groups in total. The molecule has 46 heavy (non-hydrogen) atoms. The standard InChI is InChI=1S/C38H57N3O5/c1-24(2)26-12-15-38(34(44)45-19-11-9-8-10-18-41-23-39-22-40-41)17-16-35(5)28(32(26)38)20-29-33-36(35,6)14-13-27(25(3)4)37(33,7)30(42)21-31(43)46-29/h22-23,26-30,32-33,42H,1,3,8-21H2,2,4-7H3/t26-,27-,28+,29+,30+,32+,33-,35+,36+,37+,38-/m0/s1. The van der Waals surface area contributed by atoms with Crippen molar-refractivity contribution in [2.45, 2.75) is 130 Å². The van der Waals surface area contributed by atoms with Gasteiger partial charge in [0.15, 0.2) is 0 Å². The summed E-state index contributed by atoms with van der Waals surface area (Å²) in [4.78, 5) is 31.5. The topological polar surface area (TPSA) is 104 Å². The molecule has 6 rings (SSSR count). The number of carbonyl (C=O) groups is 2. The van der Waals surface area contributed by atoms with Gasteiger partial charge in [-0.2, -0.15) is 5.10 Å². The Morgan fingerprint density at radius 1 is 1.04 bits per heavy atom. The maximum absolute atomic E-state index is 14.3. The van der Waals surface area contributed by atoms with Crippen LogP contribution in [0.1, 0.15) is 112 Å². The van der Waals surface area contributed by atoms with Crippen LogP contribution in [0.5, 0.6) is 0 Å². The molecular weight excluding hydrogens is 578 g/mol. The number of nitrogens with zero attached hydrogens (tertiary/aromatic N) is 3. The molecular formula is C38H57N3O5. The molecule has 0 radical (unpaired) electrons. The average Bonchev–Trinajstić information content (AvgIpc) is 3.64. The molecule has 0 aromatic carbocycles. The zero-order chi connectivity index (χ0) is 33.1. The van der Waals surface area contributed by atoms with Gasteiger partial charge in [0.1, 0.15) is 18.8 Å². The highest BCUT2D eigenvalue weighted by atomic mass is 16.5. The SMILES string of the molecule is C=C(C)[C@@H]1CC[C@]2(C(=O)OCCCCCCn3cncn3)CC[C@]3(C)[C@H](C[C@H]4OC(=O)C[C@@H](O)[C@]5(C)[C@@H]4[C@@]3(C)CC[C@H]5C(=C)C)[C@@H]12. The van der Waals surface area contributed by atoms with E-state index in [2.05, 4.69) is 57.9 Å². The van der Waals surface area contributed by atoms with Crippen molar-refractivity contribution in [2.75, 3.05) is 6.61 Å². The van der Waals surface area contributed by atoms with Crippen LogP contribution in [-0.2, 0) is 25.6 Å². The zero-order valence-corrected chi connectivity index (χ0v) is 28.9. The highest BCUT2D eigenvalue weighted by Gasteiger charge is 2.74. The second-order valence-electron chi connectivity index (χ2n) is 16.6. The molecule has 1 aromatic heterocycles. The summed E-state index contributed by atoms with van der Waals surface area (Å²) in [5.74, 6) is 0.356. The van der Waals surface area contributed by atoms with Crippen LogP contribution in [0, 0.1) is 51.2 Å². The summed E-state index contributed by atoms with van der Waals surface area (Å²) < 4.78 is 14.4. The molecule has 5 aliphatic rings. The van der Waals surface area contributed by atoms with Crippen molar-refractivity contribution in [2.24, 2.45) is 51.2 Å². The minimum atomic E-state index is -0.772. The Kier molecular flexibility index (Phi) is 8.86. The van der Waals surface area contributed by atoms with Gasteiger partial charge in [-0.3, -0.25) is 14.3 Å². The predicted molar refractivity (Wildman–Crippen MR) is 176 cm³/mol. The molecule has 0 spiro atoms. The predicted octanol–water partition coefficient (Wildman–Crippen LogP) is 7.08. The molecule has 2 heterocycles. The number of aryl methyl sites for hydroxylation is 1. The Balaban J connectivity index is 1.25. The molecule has 4 aliphatic carbocycles. The Labute approximate surface area is 275 Å². The van der Waals surface area contributed by atoms with E-state index in [-0.39, 0.29) is 64.9 Å². The number of allylic oxidation sites excluding steroid dienone is 2. The van der Waals surface area contributed by atoms with Crippen LogP contribution in [0.25, 0.3) is 0 Å². The number of hydrogen-bond donors (Lipinski definition) is 1. The van der Waals surface area contributed by atoms with Crippen molar-refractivity contribution in [3.05, 3.63) is 37.0 Å². The normalized spacial score (nSPS) is 43.0. The third-order valence-electron chi connectivity index (χ3n) is 14.5. The van der Waals surface area contributed by atoms with Crippen LogP contribution in [0.3, 0.4) is 0 Å². The second-order valence-corrected chi connectivity index (χ2v) is 16.6. The van der Waals surface area contributed by atoms with Gasteiger partial charge in [-0.25, -0.2) is 4.98 Å².